The van der Waals surface area contributed by atoms with Gasteiger partial charge in [-0.25, -0.2) is 0 Å². The van der Waals surface area contributed by atoms with Crippen molar-refractivity contribution in [3.8, 4) is 5.75 Å². The number of carbonyl (C=O) groups is 1. The van der Waals surface area contributed by atoms with Crippen molar-refractivity contribution in [2.75, 3.05) is 33.4 Å². The van der Waals surface area contributed by atoms with Crippen LogP contribution in [0.1, 0.15) is 10.4 Å². The van der Waals surface area contributed by atoms with Gasteiger partial charge in [-0.3, -0.25) is 4.79 Å². The van der Waals surface area contributed by atoms with Gasteiger partial charge in [0.2, 0.25) is 0 Å². The van der Waals surface area contributed by atoms with Crippen LogP contribution < -0.4 is 15.4 Å². The number of benzene rings is 1. The summed E-state index contributed by atoms with van der Waals surface area (Å²) >= 11 is 5.90. The predicted octanol–water partition coefficient (Wildman–Crippen LogP) is 1.07. The molecule has 1 amide bonds. The zero-order valence-electron chi connectivity index (χ0n) is 10.7. The normalized spacial score (nSPS) is 18.9. The Balaban J connectivity index is 1.97. The van der Waals surface area contributed by atoms with E-state index < -0.39 is 0 Å². The van der Waals surface area contributed by atoms with E-state index in [1.807, 2.05) is 0 Å². The average molecular weight is 285 g/mol. The Hall–Kier alpha value is -1.30. The fraction of sp³-hybridized carbons (Fsp3) is 0.462. The summed E-state index contributed by atoms with van der Waals surface area (Å²) in [7, 11) is 1.52. The summed E-state index contributed by atoms with van der Waals surface area (Å²) in [6.45, 7) is 2.72. The summed E-state index contributed by atoms with van der Waals surface area (Å²) < 4.78 is 10.7. The van der Waals surface area contributed by atoms with Crippen molar-refractivity contribution >= 4 is 17.5 Å². The molecule has 1 atom stereocenters. The van der Waals surface area contributed by atoms with Crippen LogP contribution in [-0.2, 0) is 4.74 Å². The highest BCUT2D eigenvalue weighted by Gasteiger charge is 2.17. The Morgan fingerprint density at radius 3 is 3.16 bits per heavy atom. The van der Waals surface area contributed by atoms with Gasteiger partial charge in [0.15, 0.2) is 0 Å². The SMILES string of the molecule is COc1ccc(Cl)cc1C(=O)NCC1CNCCO1. The summed E-state index contributed by atoms with van der Waals surface area (Å²) in [5, 5.41) is 6.54. The van der Waals surface area contributed by atoms with Gasteiger partial charge in [0.25, 0.3) is 5.91 Å². The standard InChI is InChI=1S/C13H17ClN2O3/c1-18-12-3-2-9(14)6-11(12)13(17)16-8-10-7-15-4-5-19-10/h2-3,6,10,15H,4-5,7-8H2,1H3,(H,16,17). The molecule has 1 aromatic carbocycles. The first-order valence-corrected chi connectivity index (χ1v) is 6.52. The van der Waals surface area contributed by atoms with Gasteiger partial charge in [-0.2, -0.15) is 0 Å². The first-order chi connectivity index (χ1) is 9.20. The van der Waals surface area contributed by atoms with E-state index in [4.69, 9.17) is 21.1 Å². The quantitative estimate of drug-likeness (QED) is 0.868. The van der Waals surface area contributed by atoms with Crippen molar-refractivity contribution < 1.29 is 14.3 Å². The van der Waals surface area contributed by atoms with Crippen molar-refractivity contribution in [1.82, 2.24) is 10.6 Å². The zero-order chi connectivity index (χ0) is 13.7. The molecule has 0 spiro atoms. The molecular weight excluding hydrogens is 268 g/mol. The molecule has 5 nitrogen and oxygen atoms in total. The Morgan fingerprint density at radius 2 is 2.47 bits per heavy atom. The molecule has 1 aliphatic rings. The minimum absolute atomic E-state index is 0.00267. The Morgan fingerprint density at radius 1 is 1.63 bits per heavy atom. The Bertz CT molecular complexity index is 448. The number of hydrogen-bond acceptors (Lipinski definition) is 4. The minimum atomic E-state index is -0.214. The van der Waals surface area contributed by atoms with Crippen molar-refractivity contribution in [2.45, 2.75) is 6.10 Å². The van der Waals surface area contributed by atoms with Crippen molar-refractivity contribution in [2.24, 2.45) is 0 Å². The lowest BCUT2D eigenvalue weighted by atomic mass is 10.2. The maximum atomic E-state index is 12.1. The lowest BCUT2D eigenvalue weighted by Crippen LogP contribution is -2.45. The highest BCUT2D eigenvalue weighted by Crippen LogP contribution is 2.22. The van der Waals surface area contributed by atoms with Gasteiger partial charge in [-0.1, -0.05) is 11.6 Å². The van der Waals surface area contributed by atoms with Crippen LogP contribution in [0, 0.1) is 0 Å². The topological polar surface area (TPSA) is 59.6 Å². The van der Waals surface area contributed by atoms with Crippen LogP contribution in [0.5, 0.6) is 5.75 Å². The smallest absolute Gasteiger partial charge is 0.255 e. The predicted molar refractivity (Wildman–Crippen MR) is 72.9 cm³/mol. The van der Waals surface area contributed by atoms with E-state index in [1.165, 1.54) is 7.11 Å². The summed E-state index contributed by atoms with van der Waals surface area (Å²) in [5.41, 5.74) is 0.429. The maximum Gasteiger partial charge on any atom is 0.255 e. The molecule has 1 unspecified atom stereocenters. The highest BCUT2D eigenvalue weighted by molar-refractivity contribution is 6.31. The number of amides is 1. The van der Waals surface area contributed by atoms with E-state index in [2.05, 4.69) is 10.6 Å². The number of carbonyl (C=O) groups excluding carboxylic acids is 1. The van der Waals surface area contributed by atoms with E-state index in [0.29, 0.717) is 29.5 Å². The lowest BCUT2D eigenvalue weighted by Gasteiger charge is -2.23. The molecule has 2 N–H and O–H groups in total. The second-order valence-corrected chi connectivity index (χ2v) is 4.69. The molecular formula is C13H17ClN2O3. The molecule has 1 saturated heterocycles. The Kier molecular flexibility index (Phi) is 5.01. The average Bonchev–Trinajstić information content (AvgIpc) is 2.46. The van der Waals surface area contributed by atoms with Crippen LogP contribution in [0.3, 0.4) is 0 Å². The summed E-state index contributed by atoms with van der Waals surface area (Å²) in [4.78, 5) is 12.1. The molecule has 1 heterocycles. The first kappa shape index (κ1) is 14.1. The molecule has 1 aromatic rings. The van der Waals surface area contributed by atoms with Gasteiger partial charge < -0.3 is 20.1 Å². The molecule has 6 heteroatoms. The van der Waals surface area contributed by atoms with E-state index in [1.54, 1.807) is 18.2 Å². The fourth-order valence-corrected chi connectivity index (χ4v) is 2.08. The molecule has 1 aliphatic heterocycles. The molecule has 2 rings (SSSR count). The zero-order valence-corrected chi connectivity index (χ0v) is 11.5. The Labute approximate surface area is 117 Å². The molecule has 0 radical (unpaired) electrons. The van der Waals surface area contributed by atoms with Gasteiger partial charge in [0.05, 0.1) is 25.4 Å². The molecule has 19 heavy (non-hydrogen) atoms. The number of methoxy groups -OCH3 is 1. The molecule has 0 aliphatic carbocycles. The second-order valence-electron chi connectivity index (χ2n) is 4.25. The van der Waals surface area contributed by atoms with Gasteiger partial charge in [-0.05, 0) is 18.2 Å². The fourth-order valence-electron chi connectivity index (χ4n) is 1.91. The van der Waals surface area contributed by atoms with E-state index >= 15 is 0 Å². The van der Waals surface area contributed by atoms with Crippen molar-refractivity contribution in [3.63, 3.8) is 0 Å². The highest BCUT2D eigenvalue weighted by atomic mass is 35.5. The van der Waals surface area contributed by atoms with Crippen LogP contribution >= 0.6 is 11.6 Å². The van der Waals surface area contributed by atoms with E-state index in [0.717, 1.165) is 13.1 Å². The van der Waals surface area contributed by atoms with Crippen LogP contribution in [0.2, 0.25) is 5.02 Å². The van der Waals surface area contributed by atoms with Crippen LogP contribution in [-0.4, -0.2) is 45.4 Å². The van der Waals surface area contributed by atoms with Crippen LogP contribution in [0.4, 0.5) is 0 Å². The molecule has 104 valence electrons. The third kappa shape index (κ3) is 3.83. The van der Waals surface area contributed by atoms with Crippen molar-refractivity contribution in [1.29, 1.82) is 0 Å². The molecule has 0 aromatic heterocycles. The van der Waals surface area contributed by atoms with Gasteiger partial charge in [0.1, 0.15) is 5.75 Å². The molecule has 0 saturated carbocycles. The molecule has 0 bridgehead atoms. The summed E-state index contributed by atoms with van der Waals surface area (Å²) in [6, 6.07) is 4.96. The van der Waals surface area contributed by atoms with Crippen LogP contribution in [0.25, 0.3) is 0 Å². The van der Waals surface area contributed by atoms with E-state index in [9.17, 15) is 4.79 Å². The third-order valence-electron chi connectivity index (χ3n) is 2.90. The second kappa shape index (κ2) is 6.75. The first-order valence-electron chi connectivity index (χ1n) is 6.15. The lowest BCUT2D eigenvalue weighted by molar-refractivity contribution is 0.0287. The van der Waals surface area contributed by atoms with Crippen LogP contribution in [0.15, 0.2) is 18.2 Å². The monoisotopic (exact) mass is 284 g/mol. The number of ether oxygens (including phenoxy) is 2. The largest absolute Gasteiger partial charge is 0.496 e. The summed E-state index contributed by atoms with van der Waals surface area (Å²) in [6.07, 6.45) is 0.00267. The number of hydrogen-bond donors (Lipinski definition) is 2. The number of halogens is 1. The van der Waals surface area contributed by atoms with Gasteiger partial charge >= 0.3 is 0 Å². The maximum absolute atomic E-state index is 12.1. The number of rotatable bonds is 4. The minimum Gasteiger partial charge on any atom is -0.496 e. The number of morpholine rings is 1. The van der Waals surface area contributed by atoms with Crippen molar-refractivity contribution in [3.05, 3.63) is 28.8 Å². The summed E-state index contributed by atoms with van der Waals surface area (Å²) in [5.74, 6) is 0.290. The molecule has 1 fully saturated rings. The third-order valence-corrected chi connectivity index (χ3v) is 3.14. The number of nitrogens with one attached hydrogen (secondary N) is 2. The van der Waals surface area contributed by atoms with E-state index in [-0.39, 0.29) is 12.0 Å². The van der Waals surface area contributed by atoms with Gasteiger partial charge in [-0.15, -0.1) is 0 Å². The van der Waals surface area contributed by atoms with Gasteiger partial charge in [0, 0.05) is 24.7 Å².